The smallest absolute Gasteiger partial charge is 0.256 e. The van der Waals surface area contributed by atoms with Crippen molar-refractivity contribution in [1.29, 1.82) is 0 Å². The summed E-state index contributed by atoms with van der Waals surface area (Å²) in [4.78, 5) is 28.3. The standard InChI is InChI=1S/C19H16F2N2O2/c1-10-2-6-16-15(8-10)22-19-13(5-7-17(24)23(16)19)18(25)12-4-3-11(20)9-14(12)21/h3-5,7,9-10,22H,2,6,8H2,1H3. The van der Waals surface area contributed by atoms with Crippen molar-refractivity contribution in [2.75, 3.05) is 0 Å². The summed E-state index contributed by atoms with van der Waals surface area (Å²) in [6, 6.07) is 5.56. The lowest BCUT2D eigenvalue weighted by Gasteiger charge is -2.17. The first-order valence-electron chi connectivity index (χ1n) is 8.21. The lowest BCUT2D eigenvalue weighted by atomic mass is 9.91. The molecule has 2 heterocycles. The third-order valence-corrected chi connectivity index (χ3v) is 4.83. The maximum atomic E-state index is 14.0. The van der Waals surface area contributed by atoms with Gasteiger partial charge in [-0.05, 0) is 43.4 Å². The number of benzene rings is 1. The van der Waals surface area contributed by atoms with Gasteiger partial charge in [0.05, 0.1) is 11.1 Å². The first kappa shape index (κ1) is 15.7. The molecule has 1 atom stereocenters. The molecular formula is C19H16F2N2O2. The van der Waals surface area contributed by atoms with Crippen LogP contribution in [0.2, 0.25) is 0 Å². The molecule has 0 saturated heterocycles. The van der Waals surface area contributed by atoms with E-state index in [2.05, 4.69) is 11.9 Å². The Balaban J connectivity index is 1.92. The van der Waals surface area contributed by atoms with E-state index in [0.717, 1.165) is 42.8 Å². The van der Waals surface area contributed by atoms with E-state index in [9.17, 15) is 18.4 Å². The molecule has 1 aromatic carbocycles. The fourth-order valence-corrected chi connectivity index (χ4v) is 3.55. The Morgan fingerprint density at radius 1 is 1.20 bits per heavy atom. The minimum Gasteiger partial charge on any atom is -0.343 e. The molecule has 2 aromatic heterocycles. The lowest BCUT2D eigenvalue weighted by Crippen LogP contribution is -2.19. The molecule has 128 valence electrons. The molecule has 0 radical (unpaired) electrons. The minimum atomic E-state index is -0.917. The molecule has 1 aliphatic rings. The largest absolute Gasteiger partial charge is 0.343 e. The van der Waals surface area contributed by atoms with Gasteiger partial charge in [0.1, 0.15) is 17.3 Å². The normalized spacial score (nSPS) is 16.8. The third kappa shape index (κ3) is 2.49. The molecule has 4 rings (SSSR count). The van der Waals surface area contributed by atoms with Crippen molar-refractivity contribution in [2.24, 2.45) is 5.92 Å². The van der Waals surface area contributed by atoms with Gasteiger partial charge in [-0.25, -0.2) is 8.78 Å². The summed E-state index contributed by atoms with van der Waals surface area (Å²) in [6.45, 7) is 2.14. The molecule has 0 spiro atoms. The molecule has 0 fully saturated rings. The number of carbonyl (C=O) groups is 1. The van der Waals surface area contributed by atoms with Crippen LogP contribution < -0.4 is 5.56 Å². The summed E-state index contributed by atoms with van der Waals surface area (Å²) in [6.07, 6.45) is 2.52. The van der Waals surface area contributed by atoms with Crippen LogP contribution in [-0.2, 0) is 12.8 Å². The molecule has 1 unspecified atom stereocenters. The van der Waals surface area contributed by atoms with Crippen molar-refractivity contribution in [1.82, 2.24) is 9.38 Å². The van der Waals surface area contributed by atoms with Gasteiger partial charge in [0.25, 0.3) is 5.56 Å². The lowest BCUT2D eigenvalue weighted by molar-refractivity contribution is 0.103. The maximum Gasteiger partial charge on any atom is 0.256 e. The van der Waals surface area contributed by atoms with Gasteiger partial charge < -0.3 is 4.98 Å². The van der Waals surface area contributed by atoms with Crippen LogP contribution in [0.1, 0.15) is 40.7 Å². The third-order valence-electron chi connectivity index (χ3n) is 4.83. The number of rotatable bonds is 2. The van der Waals surface area contributed by atoms with Gasteiger partial charge >= 0.3 is 0 Å². The summed E-state index contributed by atoms with van der Waals surface area (Å²) in [5, 5.41) is 0. The van der Waals surface area contributed by atoms with Gasteiger partial charge in [-0.3, -0.25) is 14.0 Å². The van der Waals surface area contributed by atoms with Crippen molar-refractivity contribution in [3.05, 3.63) is 74.8 Å². The molecule has 1 aliphatic carbocycles. The second-order valence-electron chi connectivity index (χ2n) is 6.62. The number of halogens is 2. The monoisotopic (exact) mass is 342 g/mol. The zero-order chi connectivity index (χ0) is 17.7. The predicted octanol–water partition coefficient (Wildman–Crippen LogP) is 3.26. The second-order valence-corrected chi connectivity index (χ2v) is 6.62. The minimum absolute atomic E-state index is 0.201. The van der Waals surface area contributed by atoms with Crippen molar-refractivity contribution in [2.45, 2.75) is 26.2 Å². The number of carbonyl (C=O) groups excluding carboxylic acids is 1. The first-order valence-corrected chi connectivity index (χ1v) is 8.21. The fraction of sp³-hybridized carbons (Fsp3) is 0.263. The Hall–Kier alpha value is -2.76. The molecule has 0 amide bonds. The van der Waals surface area contributed by atoms with E-state index in [0.29, 0.717) is 17.6 Å². The number of aromatic nitrogens is 2. The average Bonchev–Trinajstić information content (AvgIpc) is 2.93. The van der Waals surface area contributed by atoms with Crippen LogP contribution in [0.25, 0.3) is 5.65 Å². The van der Waals surface area contributed by atoms with E-state index in [-0.39, 0.29) is 16.7 Å². The highest BCUT2D eigenvalue weighted by molar-refractivity contribution is 6.12. The molecular weight excluding hydrogens is 326 g/mol. The van der Waals surface area contributed by atoms with Crippen LogP contribution in [0.3, 0.4) is 0 Å². The van der Waals surface area contributed by atoms with E-state index in [1.165, 1.54) is 16.5 Å². The zero-order valence-electron chi connectivity index (χ0n) is 13.6. The quantitative estimate of drug-likeness (QED) is 0.727. The summed E-state index contributed by atoms with van der Waals surface area (Å²) in [5.41, 5.74) is 1.96. The average molecular weight is 342 g/mol. The Kier molecular flexibility index (Phi) is 3.56. The fourth-order valence-electron chi connectivity index (χ4n) is 3.55. The van der Waals surface area contributed by atoms with Crippen LogP contribution in [0, 0.1) is 17.6 Å². The highest BCUT2D eigenvalue weighted by Gasteiger charge is 2.24. The highest BCUT2D eigenvalue weighted by atomic mass is 19.1. The van der Waals surface area contributed by atoms with Crippen molar-refractivity contribution in [3.63, 3.8) is 0 Å². The summed E-state index contributed by atoms with van der Waals surface area (Å²) in [7, 11) is 0. The zero-order valence-corrected chi connectivity index (χ0v) is 13.6. The highest BCUT2D eigenvalue weighted by Crippen LogP contribution is 2.27. The number of imidazole rings is 1. The van der Waals surface area contributed by atoms with Gasteiger partial charge in [0.2, 0.25) is 0 Å². The van der Waals surface area contributed by atoms with Gasteiger partial charge in [0, 0.05) is 23.5 Å². The Morgan fingerprint density at radius 2 is 1.96 bits per heavy atom. The number of hydrogen-bond acceptors (Lipinski definition) is 2. The number of hydrogen-bond donors (Lipinski definition) is 1. The van der Waals surface area contributed by atoms with E-state index in [1.807, 2.05) is 0 Å². The number of aryl methyl sites for hydroxylation is 1. The van der Waals surface area contributed by atoms with E-state index >= 15 is 0 Å². The Morgan fingerprint density at radius 3 is 2.72 bits per heavy atom. The van der Waals surface area contributed by atoms with Crippen LogP contribution in [0.15, 0.2) is 35.1 Å². The van der Waals surface area contributed by atoms with Crippen molar-refractivity contribution < 1.29 is 13.6 Å². The molecule has 6 heteroatoms. The SMILES string of the molecule is CC1CCc2c([nH]c3c(C(=O)c4ccc(F)cc4F)ccc(=O)n23)C1. The number of aromatic amines is 1. The summed E-state index contributed by atoms with van der Waals surface area (Å²) in [5.74, 6) is -1.75. The maximum absolute atomic E-state index is 14.0. The van der Waals surface area contributed by atoms with Crippen molar-refractivity contribution in [3.8, 4) is 0 Å². The van der Waals surface area contributed by atoms with Gasteiger partial charge in [-0.1, -0.05) is 6.92 Å². The van der Waals surface area contributed by atoms with Crippen molar-refractivity contribution >= 4 is 11.4 Å². The Bertz CT molecular complexity index is 1070. The number of pyridine rings is 1. The number of fused-ring (bicyclic) bond motifs is 3. The van der Waals surface area contributed by atoms with E-state index in [1.54, 1.807) is 0 Å². The number of nitrogens with zero attached hydrogens (tertiary/aromatic N) is 1. The molecule has 4 nitrogen and oxygen atoms in total. The van der Waals surface area contributed by atoms with Gasteiger partial charge in [-0.2, -0.15) is 0 Å². The second kappa shape index (κ2) is 5.65. The van der Waals surface area contributed by atoms with E-state index in [4.69, 9.17) is 0 Å². The summed E-state index contributed by atoms with van der Waals surface area (Å²) < 4.78 is 28.6. The predicted molar refractivity (Wildman–Crippen MR) is 89.0 cm³/mol. The molecule has 0 aliphatic heterocycles. The molecule has 3 aromatic rings. The number of ketones is 1. The van der Waals surface area contributed by atoms with Crippen LogP contribution >= 0.6 is 0 Å². The molecule has 0 saturated carbocycles. The Labute approximate surface area is 142 Å². The van der Waals surface area contributed by atoms with Crippen LogP contribution in [0.5, 0.6) is 0 Å². The summed E-state index contributed by atoms with van der Waals surface area (Å²) >= 11 is 0. The number of nitrogens with one attached hydrogen (secondary N) is 1. The van der Waals surface area contributed by atoms with E-state index < -0.39 is 17.4 Å². The first-order chi connectivity index (χ1) is 12.0. The molecule has 1 N–H and O–H groups in total. The van der Waals surface area contributed by atoms with Crippen LogP contribution in [0.4, 0.5) is 8.78 Å². The van der Waals surface area contributed by atoms with Gasteiger partial charge in [0.15, 0.2) is 5.78 Å². The van der Waals surface area contributed by atoms with Crippen LogP contribution in [-0.4, -0.2) is 15.2 Å². The topological polar surface area (TPSA) is 54.3 Å². The number of H-pyrrole nitrogens is 1. The molecule has 0 bridgehead atoms. The van der Waals surface area contributed by atoms with Gasteiger partial charge in [-0.15, -0.1) is 0 Å². The molecule has 25 heavy (non-hydrogen) atoms.